The van der Waals surface area contributed by atoms with Crippen molar-refractivity contribution in [2.24, 2.45) is 0 Å². The molecule has 1 aliphatic heterocycles. The molecule has 0 bridgehead atoms. The number of hydrogen-bond donors (Lipinski definition) is 2. The van der Waals surface area contributed by atoms with Crippen LogP contribution in [0.5, 0.6) is 0 Å². The highest BCUT2D eigenvalue weighted by Gasteiger charge is 2.28. The Hall–Kier alpha value is -2.38. The fourth-order valence-electron chi connectivity index (χ4n) is 4.14. The average molecular weight is 357 g/mol. The van der Waals surface area contributed by atoms with Crippen molar-refractivity contribution in [3.8, 4) is 0 Å². The van der Waals surface area contributed by atoms with Crippen LogP contribution in [0, 0.1) is 13.8 Å². The third kappa shape index (κ3) is 3.45. The fraction of sp³-hybridized carbons (Fsp3) is 0.667. The van der Waals surface area contributed by atoms with Gasteiger partial charge in [-0.25, -0.2) is 14.5 Å². The molecule has 1 saturated heterocycles. The van der Waals surface area contributed by atoms with Crippen LogP contribution in [-0.2, 0) is 0 Å². The number of carbonyl (C=O) groups is 1. The molecule has 0 radical (unpaired) electrons. The van der Waals surface area contributed by atoms with Gasteiger partial charge in [0.1, 0.15) is 11.6 Å². The molecular weight excluding hydrogens is 330 g/mol. The number of hydrogen-bond acceptors (Lipinski definition) is 4. The Morgan fingerprint density at radius 1 is 1.23 bits per heavy atom. The van der Waals surface area contributed by atoms with Gasteiger partial charge in [-0.2, -0.15) is 10.2 Å². The number of urea groups is 1. The van der Waals surface area contributed by atoms with Crippen molar-refractivity contribution < 1.29 is 4.79 Å². The summed E-state index contributed by atoms with van der Waals surface area (Å²) in [6.45, 7) is 5.29. The number of piperidine rings is 1. The van der Waals surface area contributed by atoms with E-state index in [9.17, 15) is 4.79 Å². The second-order valence-corrected chi connectivity index (χ2v) is 7.55. The van der Waals surface area contributed by atoms with Gasteiger partial charge in [0.15, 0.2) is 5.82 Å². The number of aromatic nitrogens is 5. The van der Waals surface area contributed by atoms with Crippen molar-refractivity contribution in [1.29, 1.82) is 0 Å². The number of H-pyrrole nitrogens is 1. The highest BCUT2D eigenvalue weighted by molar-refractivity contribution is 5.88. The summed E-state index contributed by atoms with van der Waals surface area (Å²) in [5, 5.41) is 14.9. The molecular formula is C18H27N7O. The van der Waals surface area contributed by atoms with Gasteiger partial charge in [0.05, 0.1) is 11.7 Å². The van der Waals surface area contributed by atoms with Crippen molar-refractivity contribution in [2.45, 2.75) is 64.3 Å². The van der Waals surface area contributed by atoms with Crippen LogP contribution < -0.4 is 5.32 Å². The number of rotatable bonds is 3. The normalized spacial score (nSPS) is 21.3. The van der Waals surface area contributed by atoms with Crippen LogP contribution in [0.1, 0.15) is 67.8 Å². The summed E-state index contributed by atoms with van der Waals surface area (Å²) in [5.41, 5.74) is 0.944. The van der Waals surface area contributed by atoms with Gasteiger partial charge >= 0.3 is 6.03 Å². The van der Waals surface area contributed by atoms with Gasteiger partial charge in [0.2, 0.25) is 0 Å². The summed E-state index contributed by atoms with van der Waals surface area (Å²) >= 11 is 0. The van der Waals surface area contributed by atoms with E-state index in [4.69, 9.17) is 0 Å². The van der Waals surface area contributed by atoms with Gasteiger partial charge < -0.3 is 4.90 Å². The molecule has 3 heterocycles. The molecule has 8 heteroatoms. The molecule has 2 N–H and O–H groups in total. The topological polar surface area (TPSA) is 91.7 Å². The lowest BCUT2D eigenvalue weighted by Crippen LogP contribution is -2.42. The Bertz CT molecular complexity index is 774. The predicted molar refractivity (Wildman–Crippen MR) is 98.2 cm³/mol. The first-order valence-corrected chi connectivity index (χ1v) is 9.61. The molecule has 0 aromatic carbocycles. The third-order valence-electron chi connectivity index (χ3n) is 5.45. The van der Waals surface area contributed by atoms with Crippen molar-refractivity contribution in [3.63, 3.8) is 0 Å². The Morgan fingerprint density at radius 2 is 2.04 bits per heavy atom. The lowest BCUT2D eigenvalue weighted by atomic mass is 9.98. The van der Waals surface area contributed by atoms with Gasteiger partial charge in [0.25, 0.3) is 0 Å². The van der Waals surface area contributed by atoms with Crippen molar-refractivity contribution in [3.05, 3.63) is 23.4 Å². The minimum absolute atomic E-state index is 0.0545. The van der Waals surface area contributed by atoms with Crippen LogP contribution in [0.25, 0.3) is 0 Å². The molecule has 1 atom stereocenters. The molecule has 140 valence electrons. The number of likely N-dealkylation sites (tertiary alicyclic amines) is 1. The van der Waals surface area contributed by atoms with Crippen LogP contribution in [0.2, 0.25) is 0 Å². The monoisotopic (exact) mass is 357 g/mol. The van der Waals surface area contributed by atoms with Crippen LogP contribution in [0.4, 0.5) is 10.6 Å². The van der Waals surface area contributed by atoms with Crippen LogP contribution >= 0.6 is 0 Å². The van der Waals surface area contributed by atoms with Crippen LogP contribution in [-0.4, -0.2) is 49.0 Å². The van der Waals surface area contributed by atoms with E-state index in [2.05, 4.69) is 25.6 Å². The van der Waals surface area contributed by atoms with Crippen molar-refractivity contribution >= 4 is 11.8 Å². The number of nitrogens with zero attached hydrogens (tertiary/aromatic N) is 5. The highest BCUT2D eigenvalue weighted by atomic mass is 16.2. The molecule has 2 amide bonds. The quantitative estimate of drug-likeness (QED) is 0.883. The minimum atomic E-state index is -0.0545. The number of carbonyl (C=O) groups excluding carboxylic acids is 1. The predicted octanol–water partition coefficient (Wildman–Crippen LogP) is 3.14. The Kier molecular flexibility index (Phi) is 4.65. The first-order chi connectivity index (χ1) is 12.6. The SMILES string of the molecule is Cc1cc(NC(=O)N2CCC[C@@H](c3n[nH]c(C)n3)C2)n(C2CCCC2)n1. The molecule has 0 spiro atoms. The number of nitrogens with one attached hydrogen (secondary N) is 2. The second kappa shape index (κ2) is 7.09. The Morgan fingerprint density at radius 3 is 2.77 bits per heavy atom. The van der Waals surface area contributed by atoms with Gasteiger partial charge in [-0.15, -0.1) is 0 Å². The number of amides is 2. The lowest BCUT2D eigenvalue weighted by molar-refractivity contribution is 0.191. The first kappa shape index (κ1) is 17.1. The molecule has 8 nitrogen and oxygen atoms in total. The van der Waals surface area contributed by atoms with E-state index >= 15 is 0 Å². The maximum atomic E-state index is 12.9. The lowest BCUT2D eigenvalue weighted by Gasteiger charge is -2.31. The zero-order chi connectivity index (χ0) is 18.1. The summed E-state index contributed by atoms with van der Waals surface area (Å²) in [7, 11) is 0. The summed E-state index contributed by atoms with van der Waals surface area (Å²) < 4.78 is 2.01. The second-order valence-electron chi connectivity index (χ2n) is 7.55. The zero-order valence-corrected chi connectivity index (χ0v) is 15.5. The molecule has 0 unspecified atom stereocenters. The smallest absolute Gasteiger partial charge is 0.323 e. The highest BCUT2D eigenvalue weighted by Crippen LogP contribution is 2.32. The number of aryl methyl sites for hydroxylation is 2. The number of aromatic amines is 1. The molecule has 2 aromatic heterocycles. The maximum Gasteiger partial charge on any atom is 0.323 e. The summed E-state index contributed by atoms with van der Waals surface area (Å²) in [6.07, 6.45) is 6.73. The molecule has 1 aliphatic carbocycles. The number of anilines is 1. The largest absolute Gasteiger partial charge is 0.324 e. The van der Waals surface area contributed by atoms with E-state index in [1.165, 1.54) is 12.8 Å². The molecule has 4 rings (SSSR count). The summed E-state index contributed by atoms with van der Waals surface area (Å²) in [4.78, 5) is 19.2. The van der Waals surface area contributed by atoms with E-state index < -0.39 is 0 Å². The maximum absolute atomic E-state index is 12.9. The van der Waals surface area contributed by atoms with Gasteiger partial charge in [-0.3, -0.25) is 10.4 Å². The first-order valence-electron chi connectivity index (χ1n) is 9.61. The minimum Gasteiger partial charge on any atom is -0.324 e. The molecule has 1 saturated carbocycles. The van der Waals surface area contributed by atoms with Crippen molar-refractivity contribution in [1.82, 2.24) is 29.9 Å². The van der Waals surface area contributed by atoms with E-state index in [1.807, 2.05) is 29.5 Å². The fourth-order valence-corrected chi connectivity index (χ4v) is 4.14. The van der Waals surface area contributed by atoms with E-state index in [0.29, 0.717) is 12.6 Å². The van der Waals surface area contributed by atoms with E-state index in [-0.39, 0.29) is 11.9 Å². The third-order valence-corrected chi connectivity index (χ3v) is 5.45. The van der Waals surface area contributed by atoms with Crippen LogP contribution in [0.3, 0.4) is 0 Å². The standard InChI is InChI=1S/C18H27N7O/c1-12-10-16(25(23-12)15-7-3-4-8-15)20-18(26)24-9-5-6-14(11-24)17-19-13(2)21-22-17/h10,14-15H,3-9,11H2,1-2H3,(H,20,26)(H,19,21,22)/t14-/m1/s1. The molecule has 2 fully saturated rings. The van der Waals surface area contributed by atoms with E-state index in [1.54, 1.807) is 0 Å². The summed E-state index contributed by atoms with van der Waals surface area (Å²) in [5.74, 6) is 2.64. The molecule has 2 aromatic rings. The molecule has 26 heavy (non-hydrogen) atoms. The summed E-state index contributed by atoms with van der Waals surface area (Å²) in [6, 6.07) is 2.32. The van der Waals surface area contributed by atoms with Gasteiger partial charge in [0, 0.05) is 25.1 Å². The van der Waals surface area contributed by atoms with Gasteiger partial charge in [-0.05, 0) is 39.5 Å². The molecule has 2 aliphatic rings. The average Bonchev–Trinajstić information content (AvgIpc) is 3.36. The Labute approximate surface area is 153 Å². The van der Waals surface area contributed by atoms with Gasteiger partial charge in [-0.1, -0.05) is 12.8 Å². The van der Waals surface area contributed by atoms with E-state index in [0.717, 1.165) is 55.4 Å². The Balaban J connectivity index is 1.44. The van der Waals surface area contributed by atoms with Crippen molar-refractivity contribution in [2.75, 3.05) is 18.4 Å². The zero-order valence-electron chi connectivity index (χ0n) is 15.5. The van der Waals surface area contributed by atoms with Crippen LogP contribution in [0.15, 0.2) is 6.07 Å².